The van der Waals surface area contributed by atoms with E-state index in [0.717, 1.165) is 37.2 Å². The van der Waals surface area contributed by atoms with Gasteiger partial charge in [0.1, 0.15) is 6.54 Å². The molecule has 0 aromatic carbocycles. The van der Waals surface area contributed by atoms with Gasteiger partial charge in [-0.3, -0.25) is 14.3 Å². The topological polar surface area (TPSA) is 72.2 Å². The Balaban J connectivity index is 1.43. The highest BCUT2D eigenvalue weighted by molar-refractivity contribution is 5.95. The molecule has 2 aromatic heterocycles. The van der Waals surface area contributed by atoms with Crippen LogP contribution < -0.4 is 5.32 Å². The molecule has 2 aromatic rings. The molecule has 1 fully saturated rings. The Bertz CT molecular complexity index is 727. The summed E-state index contributed by atoms with van der Waals surface area (Å²) >= 11 is 0. The molecular weight excluding hydrogens is 318 g/mol. The van der Waals surface area contributed by atoms with Gasteiger partial charge in [-0.15, -0.1) is 0 Å². The van der Waals surface area contributed by atoms with Gasteiger partial charge >= 0.3 is 0 Å². The minimum atomic E-state index is -0.0258. The Morgan fingerprint density at radius 3 is 2.64 bits per heavy atom. The lowest BCUT2D eigenvalue weighted by atomic mass is 9.96. The molecule has 0 saturated carbocycles. The standard InChI is InChI=1S/C18H25N5O2/c1-14-16(6-9-21(14)2)18(25)22-10-4-15(5-11-22)12-19-17(24)13-23-8-3-7-20-23/h3,6-9,15H,4-5,10-13H2,1-2H3,(H,19,24). The van der Waals surface area contributed by atoms with E-state index >= 15 is 0 Å². The summed E-state index contributed by atoms with van der Waals surface area (Å²) in [7, 11) is 1.95. The molecule has 0 atom stereocenters. The molecule has 134 valence electrons. The van der Waals surface area contributed by atoms with Crippen molar-refractivity contribution in [1.29, 1.82) is 0 Å². The summed E-state index contributed by atoms with van der Waals surface area (Å²) in [4.78, 5) is 26.5. The minimum absolute atomic E-state index is 0.0258. The van der Waals surface area contributed by atoms with Crippen molar-refractivity contribution in [3.63, 3.8) is 0 Å². The fraction of sp³-hybridized carbons (Fsp3) is 0.500. The van der Waals surface area contributed by atoms with Crippen LogP contribution in [-0.4, -0.2) is 50.7 Å². The number of nitrogens with one attached hydrogen (secondary N) is 1. The summed E-state index contributed by atoms with van der Waals surface area (Å²) in [5.74, 6) is 0.504. The average molecular weight is 343 g/mol. The van der Waals surface area contributed by atoms with Crippen LogP contribution >= 0.6 is 0 Å². The minimum Gasteiger partial charge on any atom is -0.354 e. The van der Waals surface area contributed by atoms with E-state index in [0.29, 0.717) is 12.5 Å². The molecule has 0 unspecified atom stereocenters. The maximum atomic E-state index is 12.6. The molecule has 0 bridgehead atoms. The maximum absolute atomic E-state index is 12.6. The van der Waals surface area contributed by atoms with E-state index in [2.05, 4.69) is 10.4 Å². The van der Waals surface area contributed by atoms with Gasteiger partial charge in [0, 0.05) is 51.0 Å². The largest absolute Gasteiger partial charge is 0.354 e. The van der Waals surface area contributed by atoms with Crippen molar-refractivity contribution < 1.29 is 9.59 Å². The molecule has 7 heteroatoms. The van der Waals surface area contributed by atoms with Gasteiger partial charge in [0.05, 0.1) is 5.56 Å². The summed E-state index contributed by atoms with van der Waals surface area (Å²) in [6, 6.07) is 3.69. The number of aromatic nitrogens is 3. The van der Waals surface area contributed by atoms with Crippen LogP contribution in [0, 0.1) is 12.8 Å². The summed E-state index contributed by atoms with van der Waals surface area (Å²) in [6.07, 6.45) is 7.19. The highest BCUT2D eigenvalue weighted by Crippen LogP contribution is 2.20. The van der Waals surface area contributed by atoms with E-state index in [9.17, 15) is 9.59 Å². The third-order valence-electron chi connectivity index (χ3n) is 4.97. The lowest BCUT2D eigenvalue weighted by Crippen LogP contribution is -2.42. The number of carbonyl (C=O) groups excluding carboxylic acids is 2. The molecule has 7 nitrogen and oxygen atoms in total. The van der Waals surface area contributed by atoms with E-state index < -0.39 is 0 Å². The van der Waals surface area contributed by atoms with E-state index in [-0.39, 0.29) is 18.4 Å². The number of nitrogens with zero attached hydrogens (tertiary/aromatic N) is 4. The number of aryl methyl sites for hydroxylation is 1. The molecule has 2 amide bonds. The van der Waals surface area contributed by atoms with Crippen LogP contribution in [0.3, 0.4) is 0 Å². The molecule has 3 rings (SSSR count). The Morgan fingerprint density at radius 2 is 2.04 bits per heavy atom. The molecule has 0 spiro atoms. The van der Waals surface area contributed by atoms with Crippen LogP contribution in [0.2, 0.25) is 0 Å². The second kappa shape index (κ2) is 7.55. The fourth-order valence-corrected chi connectivity index (χ4v) is 3.20. The van der Waals surface area contributed by atoms with E-state index in [1.54, 1.807) is 23.1 Å². The number of piperidine rings is 1. The normalized spacial score (nSPS) is 15.4. The highest BCUT2D eigenvalue weighted by atomic mass is 16.2. The van der Waals surface area contributed by atoms with Crippen LogP contribution in [-0.2, 0) is 18.4 Å². The van der Waals surface area contributed by atoms with Crippen LogP contribution in [0.15, 0.2) is 30.7 Å². The average Bonchev–Trinajstić information content (AvgIpc) is 3.24. The predicted molar refractivity (Wildman–Crippen MR) is 94.0 cm³/mol. The second-order valence-corrected chi connectivity index (χ2v) is 6.67. The maximum Gasteiger partial charge on any atom is 0.255 e. The Morgan fingerprint density at radius 1 is 1.28 bits per heavy atom. The molecule has 25 heavy (non-hydrogen) atoms. The van der Waals surface area contributed by atoms with Crippen molar-refractivity contribution in [2.24, 2.45) is 13.0 Å². The zero-order valence-electron chi connectivity index (χ0n) is 14.8. The number of amides is 2. The highest BCUT2D eigenvalue weighted by Gasteiger charge is 2.25. The van der Waals surface area contributed by atoms with Gasteiger partial charge < -0.3 is 14.8 Å². The molecule has 1 aliphatic heterocycles. The SMILES string of the molecule is Cc1c(C(=O)N2CCC(CNC(=O)Cn3cccn3)CC2)ccn1C. The third kappa shape index (κ3) is 4.10. The molecule has 0 radical (unpaired) electrons. The van der Waals surface area contributed by atoms with Gasteiger partial charge in [-0.05, 0) is 37.8 Å². The fourth-order valence-electron chi connectivity index (χ4n) is 3.20. The first-order valence-electron chi connectivity index (χ1n) is 8.70. The first-order chi connectivity index (χ1) is 12.0. The monoisotopic (exact) mass is 343 g/mol. The van der Waals surface area contributed by atoms with Crippen molar-refractivity contribution in [1.82, 2.24) is 24.6 Å². The van der Waals surface area contributed by atoms with Gasteiger partial charge in [0.2, 0.25) is 5.91 Å². The summed E-state index contributed by atoms with van der Waals surface area (Å²) < 4.78 is 3.58. The van der Waals surface area contributed by atoms with Crippen LogP contribution in [0.1, 0.15) is 28.9 Å². The van der Waals surface area contributed by atoms with Crippen LogP contribution in [0.4, 0.5) is 0 Å². The van der Waals surface area contributed by atoms with Crippen molar-refractivity contribution in [2.45, 2.75) is 26.3 Å². The van der Waals surface area contributed by atoms with Crippen LogP contribution in [0.25, 0.3) is 0 Å². The molecule has 1 N–H and O–H groups in total. The Labute approximate surface area is 147 Å². The van der Waals surface area contributed by atoms with E-state index in [4.69, 9.17) is 0 Å². The molecule has 1 aliphatic rings. The van der Waals surface area contributed by atoms with Crippen molar-refractivity contribution in [2.75, 3.05) is 19.6 Å². The number of hydrogen-bond donors (Lipinski definition) is 1. The quantitative estimate of drug-likeness (QED) is 0.887. The lowest BCUT2D eigenvalue weighted by Gasteiger charge is -2.32. The first-order valence-corrected chi connectivity index (χ1v) is 8.70. The first kappa shape index (κ1) is 17.3. The zero-order valence-corrected chi connectivity index (χ0v) is 14.8. The molecule has 0 aliphatic carbocycles. The second-order valence-electron chi connectivity index (χ2n) is 6.67. The van der Waals surface area contributed by atoms with Crippen LogP contribution in [0.5, 0.6) is 0 Å². The van der Waals surface area contributed by atoms with E-state index in [1.165, 1.54) is 0 Å². The van der Waals surface area contributed by atoms with Gasteiger partial charge in [-0.25, -0.2) is 0 Å². The number of likely N-dealkylation sites (tertiary alicyclic amines) is 1. The van der Waals surface area contributed by atoms with Crippen molar-refractivity contribution >= 4 is 11.8 Å². The smallest absolute Gasteiger partial charge is 0.255 e. The number of rotatable bonds is 5. The van der Waals surface area contributed by atoms with Crippen molar-refractivity contribution in [3.05, 3.63) is 42.0 Å². The Kier molecular flexibility index (Phi) is 5.21. The predicted octanol–water partition coefficient (Wildman–Crippen LogP) is 1.20. The van der Waals surface area contributed by atoms with Gasteiger partial charge in [0.15, 0.2) is 0 Å². The Hall–Kier alpha value is -2.57. The van der Waals surface area contributed by atoms with Gasteiger partial charge in [-0.1, -0.05) is 0 Å². The number of carbonyl (C=O) groups is 2. The summed E-state index contributed by atoms with van der Waals surface area (Å²) in [6.45, 7) is 4.36. The third-order valence-corrected chi connectivity index (χ3v) is 4.97. The van der Waals surface area contributed by atoms with Crippen molar-refractivity contribution in [3.8, 4) is 0 Å². The van der Waals surface area contributed by atoms with E-state index in [1.807, 2.05) is 35.7 Å². The van der Waals surface area contributed by atoms with Gasteiger partial charge in [-0.2, -0.15) is 5.10 Å². The lowest BCUT2D eigenvalue weighted by molar-refractivity contribution is -0.122. The molecular formula is C18H25N5O2. The summed E-state index contributed by atoms with van der Waals surface area (Å²) in [5, 5.41) is 7.00. The molecule has 3 heterocycles. The summed E-state index contributed by atoms with van der Waals surface area (Å²) in [5.41, 5.74) is 1.78. The van der Waals surface area contributed by atoms with Gasteiger partial charge in [0.25, 0.3) is 5.91 Å². The zero-order chi connectivity index (χ0) is 17.8. The molecule has 1 saturated heterocycles. The number of hydrogen-bond acceptors (Lipinski definition) is 3.